The summed E-state index contributed by atoms with van der Waals surface area (Å²) < 4.78 is 2.18. The summed E-state index contributed by atoms with van der Waals surface area (Å²) in [7, 11) is 2.07. The second-order valence-corrected chi connectivity index (χ2v) is 6.58. The number of halogens is 2. The van der Waals surface area contributed by atoms with Crippen LogP contribution in [0.1, 0.15) is 25.8 Å². The third kappa shape index (κ3) is 4.60. The molecule has 0 aliphatic heterocycles. The smallest absolute Gasteiger partial charge is 0.136 e. The number of anilines is 1. The number of hydrogen-bond acceptors (Lipinski definition) is 4. The van der Waals surface area contributed by atoms with Gasteiger partial charge in [0.2, 0.25) is 0 Å². The Kier molecular flexibility index (Phi) is 8.66. The number of nitrogens with zero attached hydrogens (tertiary/aromatic N) is 3. The van der Waals surface area contributed by atoms with Crippen LogP contribution in [0.3, 0.4) is 0 Å². The van der Waals surface area contributed by atoms with Gasteiger partial charge in [0.25, 0.3) is 0 Å². The molecule has 0 saturated carbocycles. The van der Waals surface area contributed by atoms with Gasteiger partial charge in [0.05, 0.1) is 10.9 Å². The molecule has 5 nitrogen and oxygen atoms in total. The molecular weight excluding hydrogens is 383 g/mol. The minimum absolute atomic E-state index is 0. The van der Waals surface area contributed by atoms with Crippen LogP contribution in [0, 0.1) is 6.92 Å². The number of phenols is 1. The van der Waals surface area contributed by atoms with Gasteiger partial charge in [-0.1, -0.05) is 13.8 Å². The molecular formula is C20H30Cl2N4O. The van der Waals surface area contributed by atoms with Crippen molar-refractivity contribution in [2.24, 2.45) is 7.05 Å². The number of hydrogen-bond donors (Lipinski definition) is 2. The molecule has 2 N–H and O–H groups in total. The standard InChI is InChI=1S/C20H28N4O.2ClH/c1-5-24(6-2)11-7-10-21-20-18-16-12-15(25)8-9-17(16)23(4)19(18)14(3)13-22-20;;/h8-9,12-13,25H,5-7,10-11H2,1-4H3,(H,21,22);2*1H. The van der Waals surface area contributed by atoms with Crippen molar-refractivity contribution in [1.82, 2.24) is 14.5 Å². The third-order valence-electron chi connectivity index (χ3n) is 5.02. The van der Waals surface area contributed by atoms with Crippen LogP contribution >= 0.6 is 24.8 Å². The first-order chi connectivity index (χ1) is 12.1. The Morgan fingerprint density at radius 3 is 2.56 bits per heavy atom. The van der Waals surface area contributed by atoms with Crippen molar-refractivity contribution >= 4 is 52.4 Å². The van der Waals surface area contributed by atoms with E-state index in [9.17, 15) is 5.11 Å². The van der Waals surface area contributed by atoms with Gasteiger partial charge >= 0.3 is 0 Å². The van der Waals surface area contributed by atoms with Crippen molar-refractivity contribution < 1.29 is 5.11 Å². The van der Waals surface area contributed by atoms with E-state index in [1.54, 1.807) is 6.07 Å². The maximum Gasteiger partial charge on any atom is 0.136 e. The monoisotopic (exact) mass is 412 g/mol. The molecule has 0 amide bonds. The number of rotatable bonds is 7. The number of aromatic hydroxyl groups is 1. The maximum absolute atomic E-state index is 9.93. The maximum atomic E-state index is 9.93. The Labute approximate surface area is 173 Å². The Morgan fingerprint density at radius 2 is 1.89 bits per heavy atom. The summed E-state index contributed by atoms with van der Waals surface area (Å²) in [5.74, 6) is 1.19. The summed E-state index contributed by atoms with van der Waals surface area (Å²) in [6.07, 6.45) is 3.00. The second-order valence-electron chi connectivity index (χ2n) is 6.58. The fraction of sp³-hybridized carbons (Fsp3) is 0.450. The second kappa shape index (κ2) is 10.0. The highest BCUT2D eigenvalue weighted by molar-refractivity contribution is 6.14. The Hall–Kier alpha value is -1.69. The molecule has 2 aromatic heterocycles. The minimum atomic E-state index is 0. The minimum Gasteiger partial charge on any atom is -0.508 e. The van der Waals surface area contributed by atoms with Crippen molar-refractivity contribution in [2.45, 2.75) is 27.2 Å². The summed E-state index contributed by atoms with van der Waals surface area (Å²) in [6, 6.07) is 5.54. The van der Waals surface area contributed by atoms with Gasteiger partial charge in [0, 0.05) is 30.7 Å². The molecule has 3 aromatic rings. The zero-order valence-electron chi connectivity index (χ0n) is 16.5. The van der Waals surface area contributed by atoms with Crippen molar-refractivity contribution in [1.29, 1.82) is 0 Å². The fourth-order valence-electron chi connectivity index (χ4n) is 3.60. The highest BCUT2D eigenvalue weighted by Crippen LogP contribution is 2.35. The summed E-state index contributed by atoms with van der Waals surface area (Å²) >= 11 is 0. The molecule has 0 aliphatic carbocycles. The molecule has 0 atom stereocenters. The molecule has 0 fully saturated rings. The van der Waals surface area contributed by atoms with Crippen molar-refractivity contribution in [3.63, 3.8) is 0 Å². The summed E-state index contributed by atoms with van der Waals surface area (Å²) in [4.78, 5) is 7.06. The molecule has 0 saturated heterocycles. The molecule has 0 aliphatic rings. The molecule has 1 aromatic carbocycles. The number of phenolic OH excluding ortho intramolecular Hbond substituents is 1. The van der Waals surface area contributed by atoms with Crippen LogP contribution in [0.25, 0.3) is 21.8 Å². The van der Waals surface area contributed by atoms with Crippen LogP contribution in [0.4, 0.5) is 5.82 Å². The summed E-state index contributed by atoms with van der Waals surface area (Å²) in [6.45, 7) is 10.6. The van der Waals surface area contributed by atoms with Gasteiger partial charge in [-0.05, 0) is 56.7 Å². The molecule has 0 bridgehead atoms. The van der Waals surface area contributed by atoms with Gasteiger partial charge in [-0.3, -0.25) is 0 Å². The summed E-state index contributed by atoms with van der Waals surface area (Å²) in [5, 5.41) is 15.6. The van der Waals surface area contributed by atoms with Crippen LogP contribution in [-0.4, -0.2) is 45.7 Å². The van der Waals surface area contributed by atoms with E-state index in [1.165, 1.54) is 5.52 Å². The van der Waals surface area contributed by atoms with Crippen LogP contribution in [0.15, 0.2) is 24.4 Å². The zero-order chi connectivity index (χ0) is 18.0. The Balaban J connectivity index is 0.00000182. The fourth-order valence-corrected chi connectivity index (χ4v) is 3.60. The molecule has 0 unspecified atom stereocenters. The van der Waals surface area contributed by atoms with E-state index in [4.69, 9.17) is 0 Å². The number of fused-ring (bicyclic) bond motifs is 3. The molecule has 0 radical (unpaired) electrons. The van der Waals surface area contributed by atoms with Gasteiger partial charge in [0.1, 0.15) is 11.6 Å². The number of nitrogens with one attached hydrogen (secondary N) is 1. The Morgan fingerprint density at radius 1 is 1.19 bits per heavy atom. The van der Waals surface area contributed by atoms with Crippen molar-refractivity contribution in [3.8, 4) is 5.75 Å². The Bertz CT molecular complexity index is 891. The van der Waals surface area contributed by atoms with Gasteiger partial charge < -0.3 is 19.9 Å². The van der Waals surface area contributed by atoms with Crippen LogP contribution in [0.5, 0.6) is 5.75 Å². The molecule has 0 spiro atoms. The van der Waals surface area contributed by atoms with E-state index in [0.29, 0.717) is 0 Å². The summed E-state index contributed by atoms with van der Waals surface area (Å²) in [5.41, 5.74) is 3.42. The molecule has 150 valence electrons. The van der Waals surface area contributed by atoms with Crippen molar-refractivity contribution in [3.05, 3.63) is 30.0 Å². The predicted molar refractivity (Wildman–Crippen MR) is 120 cm³/mol. The molecule has 2 heterocycles. The van der Waals surface area contributed by atoms with Crippen LogP contribution < -0.4 is 5.32 Å². The highest BCUT2D eigenvalue weighted by atomic mass is 35.5. The first kappa shape index (κ1) is 23.3. The molecule has 27 heavy (non-hydrogen) atoms. The number of aryl methyl sites for hydroxylation is 2. The lowest BCUT2D eigenvalue weighted by atomic mass is 10.1. The van der Waals surface area contributed by atoms with E-state index in [0.717, 1.165) is 60.3 Å². The molecule has 3 rings (SSSR count). The van der Waals surface area contributed by atoms with E-state index in [-0.39, 0.29) is 30.6 Å². The van der Waals surface area contributed by atoms with E-state index in [1.807, 2.05) is 18.3 Å². The zero-order valence-corrected chi connectivity index (χ0v) is 18.1. The van der Waals surface area contributed by atoms with Gasteiger partial charge in [0.15, 0.2) is 0 Å². The van der Waals surface area contributed by atoms with Crippen LogP contribution in [-0.2, 0) is 7.05 Å². The number of aromatic nitrogens is 2. The topological polar surface area (TPSA) is 53.3 Å². The van der Waals surface area contributed by atoms with Gasteiger partial charge in [-0.15, -0.1) is 24.8 Å². The third-order valence-corrected chi connectivity index (χ3v) is 5.02. The lowest BCUT2D eigenvalue weighted by molar-refractivity contribution is 0.303. The lowest BCUT2D eigenvalue weighted by Gasteiger charge is -2.18. The average Bonchev–Trinajstić information content (AvgIpc) is 2.90. The van der Waals surface area contributed by atoms with Gasteiger partial charge in [-0.25, -0.2) is 4.98 Å². The SMILES string of the molecule is CCN(CC)CCCNc1ncc(C)c2c1c1cc(O)ccc1n2C.Cl.Cl. The van der Waals surface area contributed by atoms with E-state index >= 15 is 0 Å². The highest BCUT2D eigenvalue weighted by Gasteiger charge is 2.15. The first-order valence-electron chi connectivity index (χ1n) is 9.09. The van der Waals surface area contributed by atoms with E-state index < -0.39 is 0 Å². The number of pyridine rings is 1. The average molecular weight is 413 g/mol. The number of benzene rings is 1. The quantitative estimate of drug-likeness (QED) is 0.550. The predicted octanol–water partition coefficient (Wildman–Crippen LogP) is 4.73. The largest absolute Gasteiger partial charge is 0.508 e. The lowest BCUT2D eigenvalue weighted by Crippen LogP contribution is -2.25. The normalized spacial score (nSPS) is 10.9. The van der Waals surface area contributed by atoms with Crippen LogP contribution in [0.2, 0.25) is 0 Å². The molecule has 7 heteroatoms. The first-order valence-corrected chi connectivity index (χ1v) is 9.09. The van der Waals surface area contributed by atoms with Gasteiger partial charge in [-0.2, -0.15) is 0 Å². The van der Waals surface area contributed by atoms with Crippen molar-refractivity contribution in [2.75, 3.05) is 31.5 Å². The van der Waals surface area contributed by atoms with E-state index in [2.05, 4.69) is 47.6 Å².